The van der Waals surface area contributed by atoms with Crippen LogP contribution in [0.5, 0.6) is 0 Å². The SMILES string of the molecule is CC1(c2cccc(Cl)c2)NC(=O)N(Cc2cn3ccccc3n2)C1=O. The Morgan fingerprint density at radius 2 is 2.04 bits per heavy atom. The van der Waals surface area contributed by atoms with Crippen LogP contribution in [0.4, 0.5) is 4.79 Å². The van der Waals surface area contributed by atoms with Crippen LogP contribution in [0.1, 0.15) is 18.2 Å². The lowest BCUT2D eigenvalue weighted by molar-refractivity contribution is -0.131. The fourth-order valence-electron chi connectivity index (χ4n) is 3.06. The lowest BCUT2D eigenvalue weighted by Gasteiger charge is -2.22. The second kappa shape index (κ2) is 5.60. The van der Waals surface area contributed by atoms with E-state index in [0.29, 0.717) is 16.3 Å². The summed E-state index contributed by atoms with van der Waals surface area (Å²) in [5.41, 5.74) is 0.921. The second-order valence-electron chi connectivity index (χ2n) is 6.16. The number of nitrogens with zero attached hydrogens (tertiary/aromatic N) is 3. The average Bonchev–Trinajstić information content (AvgIpc) is 3.09. The molecule has 0 bridgehead atoms. The van der Waals surface area contributed by atoms with E-state index < -0.39 is 11.6 Å². The van der Waals surface area contributed by atoms with E-state index in [4.69, 9.17) is 11.6 Å². The fraction of sp³-hybridized carbons (Fsp3) is 0.167. The van der Waals surface area contributed by atoms with Crippen molar-refractivity contribution in [1.29, 1.82) is 0 Å². The Labute approximate surface area is 149 Å². The van der Waals surface area contributed by atoms with E-state index >= 15 is 0 Å². The molecule has 1 fully saturated rings. The van der Waals surface area contributed by atoms with Crippen LogP contribution < -0.4 is 5.32 Å². The summed E-state index contributed by atoms with van der Waals surface area (Å²) in [5.74, 6) is -0.322. The second-order valence-corrected chi connectivity index (χ2v) is 6.59. The molecule has 0 saturated carbocycles. The molecule has 0 aliphatic carbocycles. The summed E-state index contributed by atoms with van der Waals surface area (Å²) in [6.07, 6.45) is 3.68. The summed E-state index contributed by atoms with van der Waals surface area (Å²) in [7, 11) is 0. The van der Waals surface area contributed by atoms with Crippen molar-refractivity contribution in [3.63, 3.8) is 0 Å². The molecule has 1 atom stereocenters. The van der Waals surface area contributed by atoms with E-state index in [-0.39, 0.29) is 12.5 Å². The van der Waals surface area contributed by atoms with Crippen molar-refractivity contribution < 1.29 is 9.59 Å². The molecule has 4 rings (SSSR count). The monoisotopic (exact) mass is 354 g/mol. The largest absolute Gasteiger partial charge is 0.325 e. The zero-order valence-corrected chi connectivity index (χ0v) is 14.2. The van der Waals surface area contributed by atoms with E-state index in [9.17, 15) is 9.59 Å². The van der Waals surface area contributed by atoms with Gasteiger partial charge in [0.15, 0.2) is 0 Å². The fourth-order valence-corrected chi connectivity index (χ4v) is 3.25. The molecule has 1 aliphatic heterocycles. The molecule has 0 spiro atoms. The molecule has 3 heterocycles. The third kappa shape index (κ3) is 2.55. The minimum atomic E-state index is -1.14. The number of fused-ring (bicyclic) bond motifs is 1. The van der Waals surface area contributed by atoms with Gasteiger partial charge in [0.2, 0.25) is 0 Å². The number of hydrogen-bond donors (Lipinski definition) is 1. The van der Waals surface area contributed by atoms with Gasteiger partial charge in [0.25, 0.3) is 5.91 Å². The van der Waals surface area contributed by atoms with Crippen LogP contribution in [0.3, 0.4) is 0 Å². The first-order valence-corrected chi connectivity index (χ1v) is 8.18. The number of aromatic nitrogens is 2. The van der Waals surface area contributed by atoms with Gasteiger partial charge < -0.3 is 9.72 Å². The molecule has 126 valence electrons. The zero-order valence-electron chi connectivity index (χ0n) is 13.4. The molecule has 1 unspecified atom stereocenters. The van der Waals surface area contributed by atoms with Crippen LogP contribution in [-0.2, 0) is 16.9 Å². The van der Waals surface area contributed by atoms with Gasteiger partial charge >= 0.3 is 6.03 Å². The van der Waals surface area contributed by atoms with Crippen LogP contribution in [-0.4, -0.2) is 26.2 Å². The van der Waals surface area contributed by atoms with Crippen molar-refractivity contribution in [1.82, 2.24) is 19.6 Å². The smallest absolute Gasteiger partial charge is 0.319 e. The number of pyridine rings is 1. The highest BCUT2D eigenvalue weighted by Gasteiger charge is 2.49. The van der Waals surface area contributed by atoms with E-state index in [0.717, 1.165) is 5.65 Å². The predicted octanol–water partition coefficient (Wildman–Crippen LogP) is 2.95. The van der Waals surface area contributed by atoms with Crippen LogP contribution in [0.2, 0.25) is 5.02 Å². The van der Waals surface area contributed by atoms with Gasteiger partial charge in [-0.2, -0.15) is 0 Å². The number of nitrogens with one attached hydrogen (secondary N) is 1. The Kier molecular flexibility index (Phi) is 3.51. The number of benzene rings is 1. The summed E-state index contributed by atoms with van der Waals surface area (Å²) in [6, 6.07) is 12.2. The number of rotatable bonds is 3. The minimum absolute atomic E-state index is 0.114. The van der Waals surface area contributed by atoms with Crippen LogP contribution >= 0.6 is 11.6 Å². The molecule has 6 nitrogen and oxygen atoms in total. The van der Waals surface area contributed by atoms with Crippen molar-refractivity contribution >= 4 is 29.2 Å². The molecule has 3 aromatic rings. The third-order valence-electron chi connectivity index (χ3n) is 4.41. The number of hydrogen-bond acceptors (Lipinski definition) is 3. The molecule has 1 saturated heterocycles. The van der Waals surface area contributed by atoms with E-state index in [2.05, 4.69) is 10.3 Å². The quantitative estimate of drug-likeness (QED) is 0.735. The number of imidazole rings is 1. The molecular formula is C18H15ClN4O2. The lowest BCUT2D eigenvalue weighted by atomic mass is 9.92. The van der Waals surface area contributed by atoms with Gasteiger partial charge in [-0.25, -0.2) is 9.78 Å². The van der Waals surface area contributed by atoms with Crippen LogP contribution in [0, 0.1) is 0 Å². The van der Waals surface area contributed by atoms with Gasteiger partial charge in [-0.3, -0.25) is 9.69 Å². The van der Waals surface area contributed by atoms with Crippen molar-refractivity contribution in [2.45, 2.75) is 19.0 Å². The topological polar surface area (TPSA) is 66.7 Å². The predicted molar refractivity (Wildman–Crippen MR) is 93.1 cm³/mol. The minimum Gasteiger partial charge on any atom is -0.319 e. The van der Waals surface area contributed by atoms with Gasteiger partial charge in [0.1, 0.15) is 11.2 Å². The summed E-state index contributed by atoms with van der Waals surface area (Å²) < 4.78 is 1.85. The third-order valence-corrected chi connectivity index (χ3v) is 4.65. The summed E-state index contributed by atoms with van der Waals surface area (Å²) in [6.45, 7) is 1.80. The maximum Gasteiger partial charge on any atom is 0.325 e. The highest BCUT2D eigenvalue weighted by atomic mass is 35.5. The Hall–Kier alpha value is -2.86. The van der Waals surface area contributed by atoms with Crippen molar-refractivity contribution in [3.05, 3.63) is 71.1 Å². The van der Waals surface area contributed by atoms with Gasteiger partial charge in [-0.1, -0.05) is 29.8 Å². The van der Waals surface area contributed by atoms with Crippen molar-refractivity contribution in [2.75, 3.05) is 0 Å². The molecule has 7 heteroatoms. The highest BCUT2D eigenvalue weighted by Crippen LogP contribution is 2.31. The standard InChI is InChI=1S/C18H15ClN4O2/c1-18(12-5-4-6-13(19)9-12)16(24)23(17(25)21-18)11-14-10-22-8-3-2-7-15(22)20-14/h2-10H,11H2,1H3,(H,21,25). The van der Waals surface area contributed by atoms with Crippen LogP contribution in [0.15, 0.2) is 54.9 Å². The number of halogens is 1. The molecule has 0 radical (unpaired) electrons. The zero-order chi connectivity index (χ0) is 17.6. The molecule has 1 aromatic carbocycles. The number of carbonyl (C=O) groups is 2. The van der Waals surface area contributed by atoms with E-state index in [1.807, 2.05) is 35.0 Å². The molecule has 1 N–H and O–H groups in total. The maximum absolute atomic E-state index is 12.9. The van der Waals surface area contributed by atoms with E-state index in [1.54, 1.807) is 31.2 Å². The van der Waals surface area contributed by atoms with E-state index in [1.165, 1.54) is 4.90 Å². The van der Waals surface area contributed by atoms with Gasteiger partial charge in [0, 0.05) is 17.4 Å². The summed E-state index contributed by atoms with van der Waals surface area (Å²) >= 11 is 6.03. The number of carbonyl (C=O) groups excluding carboxylic acids is 2. The molecule has 1 aliphatic rings. The van der Waals surface area contributed by atoms with Crippen molar-refractivity contribution in [3.8, 4) is 0 Å². The molecule has 25 heavy (non-hydrogen) atoms. The van der Waals surface area contributed by atoms with Crippen LogP contribution in [0.25, 0.3) is 5.65 Å². The maximum atomic E-state index is 12.9. The highest BCUT2D eigenvalue weighted by molar-refractivity contribution is 6.30. The first-order valence-electron chi connectivity index (χ1n) is 7.80. The summed E-state index contributed by atoms with van der Waals surface area (Å²) in [5, 5.41) is 3.29. The Bertz CT molecular complexity index is 966. The number of urea groups is 1. The molecule has 3 amide bonds. The Balaban J connectivity index is 1.65. The first-order chi connectivity index (χ1) is 12.0. The Morgan fingerprint density at radius 3 is 2.80 bits per heavy atom. The Morgan fingerprint density at radius 1 is 1.20 bits per heavy atom. The molecule has 2 aromatic heterocycles. The number of imide groups is 1. The summed E-state index contributed by atoms with van der Waals surface area (Å²) in [4.78, 5) is 31.0. The normalized spacial score (nSPS) is 20.3. The number of amides is 3. The van der Waals surface area contributed by atoms with Gasteiger partial charge in [-0.15, -0.1) is 0 Å². The van der Waals surface area contributed by atoms with Gasteiger partial charge in [-0.05, 0) is 36.8 Å². The first kappa shape index (κ1) is 15.7. The van der Waals surface area contributed by atoms with Gasteiger partial charge in [0.05, 0.1) is 12.2 Å². The lowest BCUT2D eigenvalue weighted by Crippen LogP contribution is -2.40. The average molecular weight is 355 g/mol. The molecular weight excluding hydrogens is 340 g/mol. The van der Waals surface area contributed by atoms with Crippen molar-refractivity contribution in [2.24, 2.45) is 0 Å².